The van der Waals surface area contributed by atoms with Gasteiger partial charge >= 0.3 is 0 Å². The van der Waals surface area contributed by atoms with Crippen LogP contribution in [0, 0.1) is 0 Å². The number of nitrogens with one attached hydrogen (secondary N) is 2. The molecule has 0 aliphatic carbocycles. The van der Waals surface area contributed by atoms with Crippen LogP contribution in [0.3, 0.4) is 0 Å². The van der Waals surface area contributed by atoms with Crippen molar-refractivity contribution in [2.75, 3.05) is 30.3 Å². The highest BCUT2D eigenvalue weighted by molar-refractivity contribution is 9.10. The van der Waals surface area contributed by atoms with Crippen molar-refractivity contribution in [3.05, 3.63) is 119 Å². The summed E-state index contributed by atoms with van der Waals surface area (Å²) < 4.78 is 6.91. The Labute approximate surface area is 299 Å². The van der Waals surface area contributed by atoms with Crippen molar-refractivity contribution in [2.45, 2.75) is 45.1 Å². The Morgan fingerprint density at radius 2 is 1.50 bits per heavy atom. The minimum absolute atomic E-state index is 0.0297. The average molecular weight is 736 g/mol. The lowest BCUT2D eigenvalue weighted by molar-refractivity contribution is -0.136. The Morgan fingerprint density at radius 3 is 2.18 bits per heavy atom. The molecule has 4 amide bonds. The van der Waals surface area contributed by atoms with Gasteiger partial charge in [-0.3, -0.25) is 19.2 Å². The molecule has 6 rings (SSSR count). The van der Waals surface area contributed by atoms with Crippen LogP contribution in [0.2, 0.25) is 0 Å². The van der Waals surface area contributed by atoms with Gasteiger partial charge < -0.3 is 24.9 Å². The second kappa shape index (κ2) is 16.0. The van der Waals surface area contributed by atoms with Crippen LogP contribution in [0.25, 0.3) is 22.3 Å². The summed E-state index contributed by atoms with van der Waals surface area (Å²) in [6.07, 6.45) is 2.66. The number of likely N-dealkylation sites (tertiary alicyclic amines) is 1. The lowest BCUT2D eigenvalue weighted by Crippen LogP contribution is -2.43. The van der Waals surface area contributed by atoms with Crippen molar-refractivity contribution in [1.29, 1.82) is 0 Å². The van der Waals surface area contributed by atoms with Gasteiger partial charge in [0.05, 0.1) is 23.9 Å². The summed E-state index contributed by atoms with van der Waals surface area (Å²) in [5.41, 5.74) is 4.48. The third kappa shape index (κ3) is 8.31. The third-order valence-electron chi connectivity index (χ3n) is 8.78. The number of halogens is 1. The molecule has 10 heteroatoms. The van der Waals surface area contributed by atoms with E-state index in [9.17, 15) is 19.2 Å². The Kier molecular flexibility index (Phi) is 11.1. The van der Waals surface area contributed by atoms with Crippen LogP contribution in [0.1, 0.15) is 37.3 Å². The number of hydrogen-bond acceptors (Lipinski definition) is 5. The molecule has 0 bridgehead atoms. The van der Waals surface area contributed by atoms with Gasteiger partial charge in [0.1, 0.15) is 17.4 Å². The van der Waals surface area contributed by atoms with Gasteiger partial charge in [-0.2, -0.15) is 0 Å². The standard InChI is InChI=1S/C40H39BrN4O5/c1-2-21-44(36(47)23-27-10-5-3-6-11-27)26-35(46)42-30-17-15-29(16-18-30)39-38(41)32-25-31(19-20-34(32)50-39)43-40(49)33-14-9-22-45(33)37(48)24-28-12-7-4-8-13-28/h3-8,10-13,15-20,25,33H,2,9,14,21-24,26H2,1H3,(H,42,46)(H,43,49)/t33-/m0/s1. The predicted molar refractivity (Wildman–Crippen MR) is 199 cm³/mol. The number of rotatable bonds is 12. The molecule has 1 aromatic heterocycles. The number of anilines is 2. The maximum absolute atomic E-state index is 13.3. The fraction of sp³-hybridized carbons (Fsp3) is 0.250. The number of amides is 4. The first-order valence-electron chi connectivity index (χ1n) is 16.9. The van der Waals surface area contributed by atoms with Crippen LogP contribution < -0.4 is 10.6 Å². The zero-order chi connectivity index (χ0) is 35.0. The van der Waals surface area contributed by atoms with Gasteiger partial charge in [0.15, 0.2) is 0 Å². The molecule has 2 heterocycles. The highest BCUT2D eigenvalue weighted by atomic mass is 79.9. The van der Waals surface area contributed by atoms with Gasteiger partial charge in [-0.1, -0.05) is 67.6 Å². The quantitative estimate of drug-likeness (QED) is 0.138. The van der Waals surface area contributed by atoms with E-state index < -0.39 is 6.04 Å². The maximum atomic E-state index is 13.3. The maximum Gasteiger partial charge on any atom is 0.247 e. The molecule has 0 saturated carbocycles. The zero-order valence-corrected chi connectivity index (χ0v) is 29.4. The molecule has 1 atom stereocenters. The summed E-state index contributed by atoms with van der Waals surface area (Å²) in [6, 6.07) is 31.3. The molecule has 1 aliphatic heterocycles. The van der Waals surface area contributed by atoms with Crippen LogP contribution in [0.4, 0.5) is 11.4 Å². The van der Waals surface area contributed by atoms with Crippen LogP contribution in [0.5, 0.6) is 0 Å². The number of furan rings is 1. The summed E-state index contributed by atoms with van der Waals surface area (Å²) in [5, 5.41) is 6.69. The van der Waals surface area contributed by atoms with Gasteiger partial charge in [-0.05, 0) is 88.8 Å². The van der Waals surface area contributed by atoms with Gasteiger partial charge in [-0.15, -0.1) is 0 Å². The number of benzene rings is 4. The van der Waals surface area contributed by atoms with Gasteiger partial charge in [0, 0.05) is 35.4 Å². The SMILES string of the molecule is CCCN(CC(=O)Nc1ccc(-c2oc3ccc(NC(=O)[C@@H]4CCCN4C(=O)Cc4ccccc4)cc3c2Br)cc1)C(=O)Cc1ccccc1. The van der Waals surface area contributed by atoms with Crippen molar-refractivity contribution in [1.82, 2.24) is 9.80 Å². The van der Waals surface area contributed by atoms with E-state index in [1.807, 2.05) is 91.9 Å². The van der Waals surface area contributed by atoms with Gasteiger partial charge in [0.25, 0.3) is 0 Å². The van der Waals surface area contributed by atoms with E-state index >= 15 is 0 Å². The Balaban J connectivity index is 1.08. The second-order valence-electron chi connectivity index (χ2n) is 12.5. The minimum atomic E-state index is -0.520. The Morgan fingerprint density at radius 1 is 0.840 bits per heavy atom. The van der Waals surface area contributed by atoms with Crippen molar-refractivity contribution in [2.24, 2.45) is 0 Å². The molecule has 50 heavy (non-hydrogen) atoms. The van der Waals surface area contributed by atoms with E-state index in [0.717, 1.165) is 39.4 Å². The Hall–Kier alpha value is -5.22. The van der Waals surface area contributed by atoms with Crippen molar-refractivity contribution >= 4 is 61.9 Å². The smallest absolute Gasteiger partial charge is 0.247 e. The third-order valence-corrected chi connectivity index (χ3v) is 9.57. The largest absolute Gasteiger partial charge is 0.455 e. The summed E-state index contributed by atoms with van der Waals surface area (Å²) in [4.78, 5) is 55.5. The first-order chi connectivity index (χ1) is 24.3. The van der Waals surface area contributed by atoms with Crippen molar-refractivity contribution < 1.29 is 23.6 Å². The molecule has 0 spiro atoms. The molecule has 0 radical (unpaired) electrons. The lowest BCUT2D eigenvalue weighted by Gasteiger charge is -2.24. The molecular formula is C40H39BrN4O5. The van der Waals surface area contributed by atoms with Crippen molar-refractivity contribution in [3.8, 4) is 11.3 Å². The van der Waals surface area contributed by atoms with E-state index in [0.29, 0.717) is 42.2 Å². The molecule has 4 aromatic carbocycles. The predicted octanol–water partition coefficient (Wildman–Crippen LogP) is 7.45. The minimum Gasteiger partial charge on any atom is -0.455 e. The van der Waals surface area contributed by atoms with Crippen LogP contribution in [0.15, 0.2) is 112 Å². The second-order valence-corrected chi connectivity index (χ2v) is 13.2. The molecule has 0 unspecified atom stereocenters. The molecule has 9 nitrogen and oxygen atoms in total. The Bertz CT molecular complexity index is 1980. The average Bonchev–Trinajstić information content (AvgIpc) is 3.75. The number of carbonyl (C=O) groups excluding carboxylic acids is 4. The fourth-order valence-electron chi connectivity index (χ4n) is 6.29. The summed E-state index contributed by atoms with van der Waals surface area (Å²) in [7, 11) is 0. The van der Waals surface area contributed by atoms with Crippen LogP contribution >= 0.6 is 15.9 Å². The van der Waals surface area contributed by atoms with Gasteiger partial charge in [-0.25, -0.2) is 0 Å². The molecule has 1 saturated heterocycles. The highest BCUT2D eigenvalue weighted by Gasteiger charge is 2.34. The van der Waals surface area contributed by atoms with E-state index in [1.165, 1.54) is 0 Å². The number of fused-ring (bicyclic) bond motifs is 1. The zero-order valence-electron chi connectivity index (χ0n) is 27.9. The van der Waals surface area contributed by atoms with E-state index in [4.69, 9.17) is 4.42 Å². The number of nitrogens with zero attached hydrogens (tertiary/aromatic N) is 2. The van der Waals surface area contributed by atoms with Gasteiger partial charge in [0.2, 0.25) is 23.6 Å². The molecule has 256 valence electrons. The van der Waals surface area contributed by atoms with E-state index in [-0.39, 0.29) is 43.0 Å². The van der Waals surface area contributed by atoms with E-state index in [2.05, 4.69) is 26.6 Å². The number of hydrogen-bond donors (Lipinski definition) is 2. The van der Waals surface area contributed by atoms with Crippen LogP contribution in [-0.4, -0.2) is 59.1 Å². The molecule has 1 fully saturated rings. The first kappa shape index (κ1) is 34.6. The highest BCUT2D eigenvalue weighted by Crippen LogP contribution is 2.39. The summed E-state index contributed by atoms with van der Waals surface area (Å²) >= 11 is 3.69. The lowest BCUT2D eigenvalue weighted by atomic mass is 10.1. The van der Waals surface area contributed by atoms with E-state index in [1.54, 1.807) is 28.0 Å². The number of carbonyl (C=O) groups is 4. The fourth-order valence-corrected chi connectivity index (χ4v) is 6.91. The van der Waals surface area contributed by atoms with Crippen molar-refractivity contribution in [3.63, 3.8) is 0 Å². The molecule has 1 aliphatic rings. The topological polar surface area (TPSA) is 112 Å². The molecular weight excluding hydrogens is 696 g/mol. The monoisotopic (exact) mass is 734 g/mol. The summed E-state index contributed by atoms with van der Waals surface area (Å²) in [6.45, 7) is 3.01. The molecule has 5 aromatic rings. The van der Waals surface area contributed by atoms with Crippen LogP contribution in [-0.2, 0) is 32.0 Å². The summed E-state index contributed by atoms with van der Waals surface area (Å²) in [5.74, 6) is -0.0112. The normalized spacial score (nSPS) is 14.0. The first-order valence-corrected chi connectivity index (χ1v) is 17.7. The molecule has 2 N–H and O–H groups in total.